The van der Waals surface area contributed by atoms with Gasteiger partial charge in [-0.05, 0) is 31.5 Å². The lowest BCUT2D eigenvalue weighted by Gasteiger charge is -2.18. The summed E-state index contributed by atoms with van der Waals surface area (Å²) in [5, 5.41) is 19.5. The number of nitrogens with one attached hydrogen (secondary N) is 1. The second kappa shape index (κ2) is 6.68. The maximum atomic E-state index is 11.3. The number of hydrogen-bond donors (Lipinski definition) is 2. The number of carbonyl (C=O) groups is 1. The van der Waals surface area contributed by atoms with E-state index in [9.17, 15) is 9.90 Å². The highest BCUT2D eigenvalue weighted by molar-refractivity contribution is 7.13. The zero-order chi connectivity index (χ0) is 18.1. The predicted molar refractivity (Wildman–Crippen MR) is 98.4 cm³/mol. The van der Waals surface area contributed by atoms with Crippen LogP contribution in [0.3, 0.4) is 0 Å². The lowest BCUT2D eigenvalue weighted by molar-refractivity contribution is -0.139. The van der Waals surface area contributed by atoms with Crippen LogP contribution in [0.2, 0.25) is 0 Å². The Labute approximate surface area is 149 Å². The molecule has 2 N–H and O–H groups in total. The maximum Gasteiger partial charge on any atom is 0.309 e. The van der Waals surface area contributed by atoms with Crippen molar-refractivity contribution in [2.45, 2.75) is 20.3 Å². The van der Waals surface area contributed by atoms with Crippen LogP contribution in [0, 0.1) is 19.3 Å². The minimum absolute atomic E-state index is 0.150. The van der Waals surface area contributed by atoms with Crippen molar-refractivity contribution in [2.24, 2.45) is 0 Å². The van der Waals surface area contributed by atoms with Gasteiger partial charge < -0.3 is 14.7 Å². The van der Waals surface area contributed by atoms with E-state index in [1.54, 1.807) is 4.90 Å². The minimum atomic E-state index is -0.294. The molecule has 130 valence electrons. The fourth-order valence-corrected chi connectivity index (χ4v) is 3.62. The fourth-order valence-electron chi connectivity index (χ4n) is 2.64. The molecule has 1 aromatic carbocycles. The zero-order valence-electron chi connectivity index (χ0n) is 14.3. The van der Waals surface area contributed by atoms with Crippen molar-refractivity contribution in [3.05, 3.63) is 51.2 Å². The number of aromatic nitrogens is 1. The number of esters is 1. The molecule has 0 saturated heterocycles. The summed E-state index contributed by atoms with van der Waals surface area (Å²) in [4.78, 5) is 18.6. The monoisotopic (exact) mass is 357 g/mol. The molecule has 0 spiro atoms. The first kappa shape index (κ1) is 17.2. The van der Waals surface area contributed by atoms with Crippen molar-refractivity contribution in [3.8, 4) is 0 Å². The van der Waals surface area contributed by atoms with Crippen LogP contribution >= 0.6 is 11.3 Å². The Kier molecular flexibility index (Phi) is 4.59. The molecule has 1 aliphatic rings. The number of rotatable bonds is 4. The van der Waals surface area contributed by atoms with Crippen molar-refractivity contribution >= 4 is 34.4 Å². The molecule has 25 heavy (non-hydrogen) atoms. The summed E-state index contributed by atoms with van der Waals surface area (Å²) in [5.74, 6) is 0.0853. The summed E-state index contributed by atoms with van der Waals surface area (Å²) >= 11 is 1.48. The highest BCUT2D eigenvalue weighted by Crippen LogP contribution is 2.33. The second-order valence-electron chi connectivity index (χ2n) is 5.84. The summed E-state index contributed by atoms with van der Waals surface area (Å²) in [6.07, 6.45) is 0.209. The van der Waals surface area contributed by atoms with Gasteiger partial charge in [-0.15, -0.1) is 11.3 Å². The van der Waals surface area contributed by atoms with Crippen LogP contribution in [-0.4, -0.2) is 35.5 Å². The smallest absolute Gasteiger partial charge is 0.309 e. The van der Waals surface area contributed by atoms with Gasteiger partial charge in [-0.25, -0.2) is 4.98 Å². The molecule has 0 atom stereocenters. The Morgan fingerprint density at radius 3 is 2.60 bits per heavy atom. The molecule has 3 rings (SSSR count). The lowest BCUT2D eigenvalue weighted by Crippen LogP contribution is -2.26. The summed E-state index contributed by atoms with van der Waals surface area (Å²) in [5.41, 5.74) is 3.02. The normalized spacial score (nSPS) is 14.4. The number of amidine groups is 1. The molecule has 0 amide bonds. The van der Waals surface area contributed by atoms with E-state index in [0.717, 1.165) is 21.8 Å². The summed E-state index contributed by atoms with van der Waals surface area (Å²) in [7, 11) is 1.36. The Balaban J connectivity index is 1.82. The van der Waals surface area contributed by atoms with Gasteiger partial charge in [0.15, 0.2) is 0 Å². The quantitative estimate of drug-likeness (QED) is 0.821. The van der Waals surface area contributed by atoms with Crippen LogP contribution in [-0.2, 0) is 16.0 Å². The number of aliphatic hydroxyl groups excluding tert-OH is 1. The average molecular weight is 357 g/mol. The number of nitrogens with zero attached hydrogens (tertiary/aromatic N) is 2. The van der Waals surface area contributed by atoms with Gasteiger partial charge in [0.05, 0.1) is 31.3 Å². The van der Waals surface area contributed by atoms with Crippen LogP contribution in [0.25, 0.3) is 5.57 Å². The number of methoxy groups -OCH3 is 1. The second-order valence-corrected chi connectivity index (χ2v) is 7.04. The molecule has 7 heteroatoms. The van der Waals surface area contributed by atoms with E-state index in [-0.39, 0.29) is 30.5 Å². The largest absolute Gasteiger partial charge is 0.510 e. The van der Waals surface area contributed by atoms with E-state index in [2.05, 4.69) is 9.72 Å². The van der Waals surface area contributed by atoms with E-state index in [1.165, 1.54) is 18.4 Å². The van der Waals surface area contributed by atoms with Crippen LogP contribution < -0.4 is 4.90 Å². The molecule has 1 aliphatic heterocycles. The molecule has 0 fully saturated rings. The molecule has 1 aromatic heterocycles. The van der Waals surface area contributed by atoms with Crippen molar-refractivity contribution < 1.29 is 14.6 Å². The van der Waals surface area contributed by atoms with Gasteiger partial charge in [-0.1, -0.05) is 12.1 Å². The molecule has 6 nitrogen and oxygen atoms in total. The molecule has 0 radical (unpaired) electrons. The number of aryl methyl sites for hydroxylation is 2. The summed E-state index contributed by atoms with van der Waals surface area (Å²) in [6, 6.07) is 7.32. The summed E-state index contributed by atoms with van der Waals surface area (Å²) in [6.45, 7) is 4.13. The number of aliphatic hydroxyl groups is 1. The van der Waals surface area contributed by atoms with Crippen molar-refractivity contribution in [1.82, 2.24) is 4.98 Å². The first-order chi connectivity index (χ1) is 11.9. The van der Waals surface area contributed by atoms with Gasteiger partial charge in [0.25, 0.3) is 0 Å². The highest BCUT2D eigenvalue weighted by atomic mass is 32.1. The predicted octanol–water partition coefficient (Wildman–Crippen LogP) is 3.24. The maximum absolute atomic E-state index is 11.3. The fraction of sp³-hybridized carbons (Fsp3) is 0.278. The average Bonchev–Trinajstić information content (AvgIpc) is 3.07. The molecule has 2 aromatic rings. The molecule has 0 saturated carbocycles. The molecule has 2 heterocycles. The molecule has 0 aliphatic carbocycles. The van der Waals surface area contributed by atoms with Gasteiger partial charge in [-0.2, -0.15) is 0 Å². The van der Waals surface area contributed by atoms with Crippen molar-refractivity contribution in [1.29, 1.82) is 5.41 Å². The molecular formula is C18H19N3O3S. The number of hydrogen-bond acceptors (Lipinski definition) is 6. The SMILES string of the molecule is COC(=O)Cc1ccc(N2CC(O)=C(c3nc(C)c(C)s3)C2=N)cc1. The van der Waals surface area contributed by atoms with Gasteiger partial charge in [0.1, 0.15) is 16.6 Å². The molecular weight excluding hydrogens is 338 g/mol. The van der Waals surface area contributed by atoms with Gasteiger partial charge in [-0.3, -0.25) is 10.2 Å². The van der Waals surface area contributed by atoms with E-state index in [0.29, 0.717) is 10.6 Å². The Morgan fingerprint density at radius 1 is 1.36 bits per heavy atom. The number of benzene rings is 1. The van der Waals surface area contributed by atoms with Gasteiger partial charge in [0, 0.05) is 10.6 Å². The number of carbonyl (C=O) groups excluding carboxylic acids is 1. The van der Waals surface area contributed by atoms with Gasteiger partial charge >= 0.3 is 5.97 Å². The third-order valence-electron chi connectivity index (χ3n) is 4.17. The van der Waals surface area contributed by atoms with Crippen LogP contribution in [0.1, 0.15) is 21.1 Å². The third kappa shape index (κ3) is 3.28. The topological polar surface area (TPSA) is 86.5 Å². The number of anilines is 1. The van der Waals surface area contributed by atoms with Crippen LogP contribution in [0.4, 0.5) is 5.69 Å². The van der Waals surface area contributed by atoms with Crippen molar-refractivity contribution in [2.75, 3.05) is 18.6 Å². The van der Waals surface area contributed by atoms with Crippen molar-refractivity contribution in [3.63, 3.8) is 0 Å². The third-order valence-corrected chi connectivity index (χ3v) is 5.26. The highest BCUT2D eigenvalue weighted by Gasteiger charge is 2.31. The Hall–Kier alpha value is -2.67. The molecule has 0 unspecified atom stereocenters. The number of thiazole rings is 1. The first-order valence-electron chi connectivity index (χ1n) is 7.79. The van der Waals surface area contributed by atoms with Crippen LogP contribution in [0.15, 0.2) is 30.0 Å². The van der Waals surface area contributed by atoms with E-state index < -0.39 is 0 Å². The lowest BCUT2D eigenvalue weighted by atomic mass is 10.1. The van der Waals surface area contributed by atoms with E-state index >= 15 is 0 Å². The minimum Gasteiger partial charge on any atom is -0.510 e. The van der Waals surface area contributed by atoms with E-state index in [4.69, 9.17) is 5.41 Å². The van der Waals surface area contributed by atoms with E-state index in [1.807, 2.05) is 38.1 Å². The van der Waals surface area contributed by atoms with Gasteiger partial charge in [0.2, 0.25) is 0 Å². The van der Waals surface area contributed by atoms with Crippen LogP contribution in [0.5, 0.6) is 0 Å². The summed E-state index contributed by atoms with van der Waals surface area (Å²) < 4.78 is 4.66. The zero-order valence-corrected chi connectivity index (χ0v) is 15.1. The first-order valence-corrected chi connectivity index (χ1v) is 8.61. The number of ether oxygens (including phenoxy) is 1. The Morgan fingerprint density at radius 2 is 2.04 bits per heavy atom. The standard InChI is InChI=1S/C18H19N3O3S/c1-10-11(2)25-18(20-10)16-14(22)9-21(17(16)19)13-6-4-12(5-7-13)8-15(23)24-3/h4-7,19,22H,8-9H2,1-3H3. The Bertz CT molecular complexity index is 849. The molecule has 0 bridgehead atoms.